The average molecular weight is 336 g/mol. The van der Waals surface area contributed by atoms with Gasteiger partial charge in [0, 0.05) is 39.3 Å². The second-order valence-corrected chi connectivity index (χ2v) is 5.55. The summed E-state index contributed by atoms with van der Waals surface area (Å²) in [6.07, 6.45) is 2.49. The summed E-state index contributed by atoms with van der Waals surface area (Å²) in [5.74, 6) is -0.298. The van der Waals surface area contributed by atoms with Crippen molar-refractivity contribution in [2.24, 2.45) is 0 Å². The Morgan fingerprint density at radius 1 is 0.833 bits per heavy atom. The molecule has 0 saturated heterocycles. The third-order valence-corrected chi connectivity index (χ3v) is 3.46. The lowest BCUT2D eigenvalue weighted by Crippen LogP contribution is -2.35. The molecule has 0 amide bonds. The molecule has 1 rings (SSSR count). The van der Waals surface area contributed by atoms with Crippen molar-refractivity contribution in [3.05, 3.63) is 35.9 Å². The molecule has 24 heavy (non-hydrogen) atoms. The van der Waals surface area contributed by atoms with Gasteiger partial charge >= 0.3 is 5.97 Å². The summed E-state index contributed by atoms with van der Waals surface area (Å²) >= 11 is 0. The maximum absolute atomic E-state index is 11.7. The minimum Gasteiger partial charge on any atom is -0.446 e. The van der Waals surface area contributed by atoms with Crippen molar-refractivity contribution in [1.82, 2.24) is 21.3 Å². The molecule has 0 atom stereocenters. The van der Waals surface area contributed by atoms with E-state index in [-0.39, 0.29) is 12.7 Å². The van der Waals surface area contributed by atoms with Crippen LogP contribution in [0.4, 0.5) is 0 Å². The van der Waals surface area contributed by atoms with Crippen LogP contribution in [0.3, 0.4) is 0 Å². The molecule has 0 heterocycles. The molecular weight excluding hydrogens is 304 g/mol. The zero-order valence-electron chi connectivity index (χ0n) is 14.8. The number of benzene rings is 1. The van der Waals surface area contributed by atoms with Crippen LogP contribution in [0.1, 0.15) is 30.1 Å². The van der Waals surface area contributed by atoms with Crippen LogP contribution in [0.15, 0.2) is 30.3 Å². The first-order chi connectivity index (χ1) is 11.8. The summed E-state index contributed by atoms with van der Waals surface area (Å²) in [6.45, 7) is 9.06. The second kappa shape index (κ2) is 15.1. The summed E-state index contributed by atoms with van der Waals surface area (Å²) in [4.78, 5) is 11.7. The highest BCUT2D eigenvalue weighted by molar-refractivity contribution is 5.89. The van der Waals surface area contributed by atoms with Gasteiger partial charge < -0.3 is 20.7 Å². The molecule has 0 aliphatic heterocycles. The number of nitrogens with one attached hydrogen (secondary N) is 4. The van der Waals surface area contributed by atoms with E-state index in [0.717, 1.165) is 45.8 Å². The molecule has 6 nitrogen and oxygen atoms in total. The highest BCUT2D eigenvalue weighted by Crippen LogP contribution is 1.99. The second-order valence-electron chi connectivity index (χ2n) is 5.55. The maximum atomic E-state index is 11.7. The van der Waals surface area contributed by atoms with E-state index < -0.39 is 0 Å². The number of carbonyl (C=O) groups is 1. The van der Waals surface area contributed by atoms with Gasteiger partial charge in [0.2, 0.25) is 0 Å². The number of hydrogen-bond acceptors (Lipinski definition) is 6. The van der Waals surface area contributed by atoms with E-state index in [4.69, 9.17) is 4.74 Å². The van der Waals surface area contributed by atoms with Crippen LogP contribution >= 0.6 is 0 Å². The van der Waals surface area contributed by atoms with Crippen LogP contribution in [0.5, 0.6) is 0 Å². The lowest BCUT2D eigenvalue weighted by atomic mass is 10.2. The Labute approximate surface area is 145 Å². The largest absolute Gasteiger partial charge is 0.446 e. The summed E-state index contributed by atoms with van der Waals surface area (Å²) in [5.41, 5.74) is 0.577. The maximum Gasteiger partial charge on any atom is 0.339 e. The molecule has 0 aliphatic rings. The van der Waals surface area contributed by atoms with Gasteiger partial charge in [0.05, 0.1) is 5.56 Å². The van der Waals surface area contributed by atoms with Gasteiger partial charge in [0.1, 0.15) is 6.73 Å². The fraction of sp³-hybridized carbons (Fsp3) is 0.611. The van der Waals surface area contributed by atoms with Crippen molar-refractivity contribution < 1.29 is 9.53 Å². The molecule has 0 saturated carbocycles. The zero-order chi connectivity index (χ0) is 17.3. The lowest BCUT2D eigenvalue weighted by Gasteiger charge is -2.09. The number of rotatable bonds is 15. The quantitative estimate of drug-likeness (QED) is 0.217. The van der Waals surface area contributed by atoms with E-state index in [9.17, 15) is 4.79 Å². The molecular formula is C18H32N4O2. The Morgan fingerprint density at radius 2 is 1.38 bits per heavy atom. The molecule has 1 aromatic carbocycles. The molecule has 1 aromatic rings. The SMILES string of the molecule is CCCCNCCNCCNCCNCOC(=O)c1ccccc1. The van der Waals surface area contributed by atoms with Crippen LogP contribution in [0.25, 0.3) is 0 Å². The van der Waals surface area contributed by atoms with E-state index in [1.165, 1.54) is 12.8 Å². The van der Waals surface area contributed by atoms with Gasteiger partial charge in [-0.05, 0) is 25.1 Å². The molecule has 0 aliphatic carbocycles. The van der Waals surface area contributed by atoms with Crippen LogP contribution in [0, 0.1) is 0 Å². The summed E-state index contributed by atoms with van der Waals surface area (Å²) in [6, 6.07) is 9.01. The van der Waals surface area contributed by atoms with Crippen molar-refractivity contribution in [2.45, 2.75) is 19.8 Å². The Kier molecular flexibility index (Phi) is 12.9. The normalized spacial score (nSPS) is 10.7. The van der Waals surface area contributed by atoms with E-state index in [0.29, 0.717) is 5.56 Å². The molecule has 0 aromatic heterocycles. The monoisotopic (exact) mass is 336 g/mol. The van der Waals surface area contributed by atoms with Gasteiger partial charge in [-0.25, -0.2) is 4.79 Å². The first kappa shape index (κ1) is 20.6. The predicted molar refractivity (Wildman–Crippen MR) is 98.2 cm³/mol. The number of esters is 1. The molecule has 6 heteroatoms. The Balaban J connectivity index is 1.80. The molecule has 0 unspecified atom stereocenters. The van der Waals surface area contributed by atoms with Gasteiger partial charge in [-0.2, -0.15) is 0 Å². The fourth-order valence-corrected chi connectivity index (χ4v) is 2.05. The molecule has 0 bridgehead atoms. The lowest BCUT2D eigenvalue weighted by molar-refractivity contribution is 0.0473. The summed E-state index contributed by atoms with van der Waals surface area (Å²) < 4.78 is 5.13. The minimum atomic E-state index is -0.298. The Morgan fingerprint density at radius 3 is 1.96 bits per heavy atom. The van der Waals surface area contributed by atoms with Gasteiger partial charge in [-0.15, -0.1) is 0 Å². The number of unbranched alkanes of at least 4 members (excludes halogenated alkanes) is 1. The van der Waals surface area contributed by atoms with Crippen molar-refractivity contribution in [3.8, 4) is 0 Å². The standard InChI is InChI=1S/C18H32N4O2/c1-2-3-9-19-10-11-20-12-13-21-14-15-22-16-24-18(23)17-7-5-4-6-8-17/h4-8,19-22H,2-3,9-16H2,1H3. The number of ether oxygens (including phenoxy) is 1. The molecule has 0 spiro atoms. The van der Waals surface area contributed by atoms with Gasteiger partial charge in [-0.3, -0.25) is 5.32 Å². The fourth-order valence-electron chi connectivity index (χ4n) is 2.05. The van der Waals surface area contributed by atoms with Gasteiger partial charge in [-0.1, -0.05) is 31.5 Å². The predicted octanol–water partition coefficient (Wildman–Crippen LogP) is 0.959. The van der Waals surface area contributed by atoms with Crippen LogP contribution in [-0.2, 0) is 4.74 Å². The van der Waals surface area contributed by atoms with E-state index in [2.05, 4.69) is 28.2 Å². The van der Waals surface area contributed by atoms with Crippen LogP contribution in [0.2, 0.25) is 0 Å². The van der Waals surface area contributed by atoms with Crippen LogP contribution in [-0.4, -0.2) is 58.5 Å². The summed E-state index contributed by atoms with van der Waals surface area (Å²) in [5, 5.41) is 13.2. The van der Waals surface area contributed by atoms with Crippen molar-refractivity contribution in [2.75, 3.05) is 52.5 Å². The minimum absolute atomic E-state index is 0.233. The highest BCUT2D eigenvalue weighted by atomic mass is 16.5. The summed E-state index contributed by atoms with van der Waals surface area (Å²) in [7, 11) is 0. The van der Waals surface area contributed by atoms with E-state index >= 15 is 0 Å². The Hall–Kier alpha value is -1.47. The van der Waals surface area contributed by atoms with Gasteiger partial charge in [0.25, 0.3) is 0 Å². The average Bonchev–Trinajstić information content (AvgIpc) is 2.62. The number of hydrogen-bond donors (Lipinski definition) is 4. The van der Waals surface area contributed by atoms with E-state index in [1.807, 2.05) is 18.2 Å². The van der Waals surface area contributed by atoms with Crippen molar-refractivity contribution >= 4 is 5.97 Å². The zero-order valence-corrected chi connectivity index (χ0v) is 14.8. The van der Waals surface area contributed by atoms with Crippen LogP contribution < -0.4 is 21.3 Å². The third-order valence-electron chi connectivity index (χ3n) is 3.46. The van der Waals surface area contributed by atoms with Crippen molar-refractivity contribution in [3.63, 3.8) is 0 Å². The molecule has 136 valence electrons. The number of carbonyl (C=O) groups excluding carboxylic acids is 1. The van der Waals surface area contributed by atoms with Crippen molar-refractivity contribution in [1.29, 1.82) is 0 Å². The highest BCUT2D eigenvalue weighted by Gasteiger charge is 2.04. The third kappa shape index (κ3) is 11.1. The van der Waals surface area contributed by atoms with Gasteiger partial charge in [0.15, 0.2) is 0 Å². The Bertz CT molecular complexity index is 415. The molecule has 4 N–H and O–H groups in total. The molecule has 0 fully saturated rings. The molecule has 0 radical (unpaired) electrons. The smallest absolute Gasteiger partial charge is 0.339 e. The first-order valence-corrected chi connectivity index (χ1v) is 8.89. The van der Waals surface area contributed by atoms with E-state index in [1.54, 1.807) is 12.1 Å². The topological polar surface area (TPSA) is 74.4 Å². The first-order valence-electron chi connectivity index (χ1n) is 8.89.